The zero-order chi connectivity index (χ0) is 24.6. The lowest BCUT2D eigenvalue weighted by atomic mass is 10.2. The molecule has 0 spiro atoms. The summed E-state index contributed by atoms with van der Waals surface area (Å²) >= 11 is 0.810. The van der Waals surface area contributed by atoms with Gasteiger partial charge in [0.2, 0.25) is 5.91 Å². The fourth-order valence-electron chi connectivity index (χ4n) is 3.38. The Labute approximate surface area is 207 Å². The van der Waals surface area contributed by atoms with Crippen LogP contribution in [0.2, 0.25) is 0 Å². The van der Waals surface area contributed by atoms with Crippen LogP contribution < -0.4 is 14.8 Å². The van der Waals surface area contributed by atoms with Crippen LogP contribution in [-0.2, 0) is 9.59 Å². The molecular weight excluding hydrogens is 464 g/mol. The summed E-state index contributed by atoms with van der Waals surface area (Å²) in [4.78, 5) is 38.8. The van der Waals surface area contributed by atoms with Gasteiger partial charge in [0, 0.05) is 5.69 Å². The molecule has 7 nitrogen and oxygen atoms in total. The van der Waals surface area contributed by atoms with Gasteiger partial charge in [0.25, 0.3) is 11.1 Å². The summed E-state index contributed by atoms with van der Waals surface area (Å²) < 4.78 is 11.4. The summed E-state index contributed by atoms with van der Waals surface area (Å²) in [6, 6.07) is 24.0. The third-order valence-corrected chi connectivity index (χ3v) is 5.90. The van der Waals surface area contributed by atoms with Crippen LogP contribution in [0, 0.1) is 6.92 Å². The molecule has 4 rings (SSSR count). The highest BCUT2D eigenvalue weighted by Crippen LogP contribution is 2.32. The van der Waals surface area contributed by atoms with E-state index in [4.69, 9.17) is 9.47 Å². The lowest BCUT2D eigenvalue weighted by molar-refractivity contribution is -0.127. The molecule has 1 aliphatic heterocycles. The third kappa shape index (κ3) is 6.74. The molecule has 0 bridgehead atoms. The van der Waals surface area contributed by atoms with E-state index in [2.05, 4.69) is 5.32 Å². The highest BCUT2D eigenvalue weighted by Gasteiger charge is 2.36. The number of hydrogen-bond donors (Lipinski definition) is 1. The highest BCUT2D eigenvalue weighted by atomic mass is 32.2. The largest absolute Gasteiger partial charge is 0.490 e. The van der Waals surface area contributed by atoms with Crippen LogP contribution in [-0.4, -0.2) is 41.7 Å². The molecule has 178 valence electrons. The summed E-state index contributed by atoms with van der Waals surface area (Å²) in [7, 11) is 0. The van der Waals surface area contributed by atoms with Gasteiger partial charge in [-0.1, -0.05) is 42.5 Å². The first kappa shape index (κ1) is 24.1. The van der Waals surface area contributed by atoms with Gasteiger partial charge in [0.1, 0.15) is 31.3 Å². The van der Waals surface area contributed by atoms with Gasteiger partial charge in [-0.2, -0.15) is 0 Å². The highest BCUT2D eigenvalue weighted by molar-refractivity contribution is 8.18. The van der Waals surface area contributed by atoms with Gasteiger partial charge in [-0.25, -0.2) is 0 Å². The maximum absolute atomic E-state index is 12.8. The number of para-hydroxylation sites is 1. The second-order valence-electron chi connectivity index (χ2n) is 7.77. The lowest BCUT2D eigenvalue weighted by Gasteiger charge is -2.12. The molecule has 1 saturated heterocycles. The Morgan fingerprint density at radius 2 is 1.63 bits per heavy atom. The monoisotopic (exact) mass is 488 g/mol. The zero-order valence-electron chi connectivity index (χ0n) is 19.1. The third-order valence-electron chi connectivity index (χ3n) is 5.00. The SMILES string of the molecule is Cc1cccc(NC(=O)CN2C(=O)S/C(=C/c3cccc(OCCOc4ccccc4)c3)C2=O)c1. The van der Waals surface area contributed by atoms with Gasteiger partial charge in [0.15, 0.2) is 0 Å². The number of hydrogen-bond acceptors (Lipinski definition) is 6. The first-order valence-electron chi connectivity index (χ1n) is 11.0. The molecule has 0 unspecified atom stereocenters. The van der Waals surface area contributed by atoms with E-state index in [0.717, 1.165) is 28.0 Å². The van der Waals surface area contributed by atoms with Gasteiger partial charge in [-0.3, -0.25) is 19.3 Å². The van der Waals surface area contributed by atoms with Gasteiger partial charge in [0.05, 0.1) is 4.91 Å². The molecule has 3 aromatic carbocycles. The average Bonchev–Trinajstić information content (AvgIpc) is 3.10. The summed E-state index contributed by atoms with van der Waals surface area (Å²) in [6.45, 7) is 2.30. The van der Waals surface area contributed by atoms with Crippen LogP contribution >= 0.6 is 11.8 Å². The average molecular weight is 489 g/mol. The minimum atomic E-state index is -0.498. The first-order chi connectivity index (χ1) is 17.0. The topological polar surface area (TPSA) is 84.9 Å². The zero-order valence-corrected chi connectivity index (χ0v) is 19.9. The molecule has 1 heterocycles. The number of ether oxygens (including phenoxy) is 2. The van der Waals surface area contributed by atoms with Gasteiger partial charge < -0.3 is 14.8 Å². The molecule has 0 atom stereocenters. The van der Waals surface area contributed by atoms with Crippen molar-refractivity contribution in [3.8, 4) is 11.5 Å². The smallest absolute Gasteiger partial charge is 0.294 e. The quantitative estimate of drug-likeness (QED) is 0.332. The van der Waals surface area contributed by atoms with E-state index < -0.39 is 17.1 Å². The Hall–Kier alpha value is -4.04. The van der Waals surface area contributed by atoms with E-state index >= 15 is 0 Å². The number of nitrogens with one attached hydrogen (secondary N) is 1. The molecule has 3 amide bonds. The minimum absolute atomic E-state index is 0.253. The number of amides is 3. The molecule has 3 aromatic rings. The number of anilines is 1. The molecular formula is C27H24N2O5S. The Morgan fingerprint density at radius 3 is 2.40 bits per heavy atom. The van der Waals surface area contributed by atoms with Gasteiger partial charge >= 0.3 is 0 Å². The molecule has 1 N–H and O–H groups in total. The second-order valence-corrected chi connectivity index (χ2v) is 8.76. The normalized spacial score (nSPS) is 14.3. The van der Waals surface area contributed by atoms with Gasteiger partial charge in [-0.15, -0.1) is 0 Å². The lowest BCUT2D eigenvalue weighted by Crippen LogP contribution is -2.36. The van der Waals surface area contributed by atoms with E-state index in [0.29, 0.717) is 30.2 Å². The van der Waals surface area contributed by atoms with Crippen LogP contribution in [0.5, 0.6) is 11.5 Å². The van der Waals surface area contributed by atoms with Crippen molar-refractivity contribution < 1.29 is 23.9 Å². The Balaban J connectivity index is 1.33. The number of benzene rings is 3. The standard InChI is InChI=1S/C27H24N2O5S/c1-19-7-5-9-21(15-19)28-25(30)18-29-26(31)24(35-27(29)32)17-20-8-6-12-23(16-20)34-14-13-33-22-10-3-2-4-11-22/h2-12,15-17H,13-14,18H2,1H3,(H,28,30)/b24-17+. The number of nitrogens with zero attached hydrogens (tertiary/aromatic N) is 1. The van der Waals surface area contributed by atoms with Crippen LogP contribution in [0.25, 0.3) is 6.08 Å². The van der Waals surface area contributed by atoms with Crippen molar-refractivity contribution in [2.24, 2.45) is 0 Å². The number of carbonyl (C=O) groups is 3. The summed E-state index contributed by atoms with van der Waals surface area (Å²) in [5.74, 6) is 0.453. The Morgan fingerprint density at radius 1 is 0.914 bits per heavy atom. The second kappa shape index (κ2) is 11.4. The fraction of sp³-hybridized carbons (Fsp3) is 0.148. The predicted octanol–water partition coefficient (Wildman–Crippen LogP) is 5.13. The van der Waals surface area contributed by atoms with Crippen molar-refractivity contribution in [2.75, 3.05) is 25.1 Å². The number of rotatable bonds is 9. The van der Waals surface area contributed by atoms with Crippen LogP contribution in [0.4, 0.5) is 10.5 Å². The molecule has 1 fully saturated rings. The Kier molecular flexibility index (Phi) is 7.84. The predicted molar refractivity (Wildman–Crippen MR) is 136 cm³/mol. The molecule has 8 heteroatoms. The van der Waals surface area contributed by atoms with Crippen molar-refractivity contribution >= 4 is 40.6 Å². The van der Waals surface area contributed by atoms with E-state index in [9.17, 15) is 14.4 Å². The van der Waals surface area contributed by atoms with Crippen molar-refractivity contribution in [1.29, 1.82) is 0 Å². The van der Waals surface area contributed by atoms with Crippen molar-refractivity contribution in [3.05, 3.63) is 94.9 Å². The summed E-state index contributed by atoms with van der Waals surface area (Å²) in [5.41, 5.74) is 2.32. The Bertz CT molecular complexity index is 1260. The van der Waals surface area contributed by atoms with Crippen LogP contribution in [0.15, 0.2) is 83.8 Å². The number of carbonyl (C=O) groups excluding carboxylic acids is 3. The molecule has 0 aromatic heterocycles. The first-order valence-corrected chi connectivity index (χ1v) is 11.8. The maximum Gasteiger partial charge on any atom is 0.294 e. The van der Waals surface area contributed by atoms with Crippen molar-refractivity contribution in [3.63, 3.8) is 0 Å². The van der Waals surface area contributed by atoms with Crippen LogP contribution in [0.1, 0.15) is 11.1 Å². The van der Waals surface area contributed by atoms with Gasteiger partial charge in [-0.05, 0) is 72.3 Å². The molecule has 1 aliphatic rings. The number of imide groups is 1. The molecule has 0 aliphatic carbocycles. The van der Waals surface area contributed by atoms with Crippen molar-refractivity contribution in [2.45, 2.75) is 6.92 Å². The van der Waals surface area contributed by atoms with E-state index in [1.54, 1.807) is 30.3 Å². The van der Waals surface area contributed by atoms with Crippen LogP contribution in [0.3, 0.4) is 0 Å². The maximum atomic E-state index is 12.8. The summed E-state index contributed by atoms with van der Waals surface area (Å²) in [5, 5.41) is 2.24. The molecule has 0 saturated carbocycles. The summed E-state index contributed by atoms with van der Waals surface area (Å²) in [6.07, 6.45) is 1.62. The number of aryl methyl sites for hydroxylation is 1. The molecule has 0 radical (unpaired) electrons. The number of thioether (sulfide) groups is 1. The van der Waals surface area contributed by atoms with E-state index in [1.807, 2.05) is 61.5 Å². The minimum Gasteiger partial charge on any atom is -0.490 e. The molecule has 35 heavy (non-hydrogen) atoms. The van der Waals surface area contributed by atoms with E-state index in [1.165, 1.54) is 0 Å². The van der Waals surface area contributed by atoms with E-state index in [-0.39, 0.29) is 11.4 Å². The fourth-order valence-corrected chi connectivity index (χ4v) is 4.22. The van der Waals surface area contributed by atoms with Crippen molar-refractivity contribution in [1.82, 2.24) is 4.90 Å².